The van der Waals surface area contributed by atoms with Crippen LogP contribution in [0.15, 0.2) is 42.5 Å². The summed E-state index contributed by atoms with van der Waals surface area (Å²) < 4.78 is 23.7. The highest BCUT2D eigenvalue weighted by Crippen LogP contribution is 2.32. The van der Waals surface area contributed by atoms with Crippen LogP contribution in [0.3, 0.4) is 0 Å². The fourth-order valence-corrected chi connectivity index (χ4v) is 2.19. The number of carbonyl (C=O) groups excluding carboxylic acids is 2. The number of hydrogen-bond acceptors (Lipinski definition) is 4. The number of carbonyl (C=O) groups is 2. The summed E-state index contributed by atoms with van der Waals surface area (Å²) in [4.78, 5) is 23.5. The molecule has 0 aliphatic carbocycles. The Hall–Kier alpha value is -3.09. The van der Waals surface area contributed by atoms with Crippen molar-refractivity contribution in [2.45, 2.75) is 13.0 Å². The topological polar surface area (TPSA) is 76.7 Å². The number of halogens is 1. The molecule has 2 amide bonds. The summed E-state index contributed by atoms with van der Waals surface area (Å²) in [5.41, 5.74) is 0.974. The van der Waals surface area contributed by atoms with Crippen LogP contribution >= 0.6 is 0 Å². The zero-order chi connectivity index (χ0) is 17.1. The molecule has 0 radical (unpaired) electrons. The zero-order valence-corrected chi connectivity index (χ0v) is 12.8. The fraction of sp³-hybridized carbons (Fsp3) is 0.176. The predicted molar refractivity (Wildman–Crippen MR) is 85.7 cm³/mol. The van der Waals surface area contributed by atoms with Gasteiger partial charge in [0.15, 0.2) is 12.7 Å². The maximum Gasteiger partial charge on any atom is 0.265 e. The van der Waals surface area contributed by atoms with Crippen LogP contribution in [0.1, 0.15) is 6.92 Å². The van der Waals surface area contributed by atoms with Crippen LogP contribution in [0, 0.1) is 5.82 Å². The third kappa shape index (κ3) is 3.62. The number of hydrogen-bond donors (Lipinski definition) is 2. The molecular formula is C17H15FN2O4. The Bertz CT molecular complexity index is 794. The van der Waals surface area contributed by atoms with E-state index in [1.165, 1.54) is 18.2 Å². The third-order valence-electron chi connectivity index (χ3n) is 3.36. The van der Waals surface area contributed by atoms with E-state index in [0.717, 1.165) is 0 Å². The molecule has 3 rings (SSSR count). The van der Waals surface area contributed by atoms with Crippen molar-refractivity contribution >= 4 is 23.2 Å². The molecule has 1 atom stereocenters. The maximum atomic E-state index is 13.0. The minimum atomic E-state index is -0.558. The third-order valence-corrected chi connectivity index (χ3v) is 3.36. The molecular weight excluding hydrogens is 315 g/mol. The van der Waals surface area contributed by atoms with E-state index in [4.69, 9.17) is 9.47 Å². The standard InChI is InChI=1S/C17H15FN2O4/c1-10-17(22)20-14-8-12(5-6-15(14)24-10)19-16(21)9-23-13-4-2-3-11(18)7-13/h2-8,10H,9H2,1H3,(H,19,21)(H,20,22). The van der Waals surface area contributed by atoms with Crippen molar-refractivity contribution in [3.8, 4) is 11.5 Å². The van der Waals surface area contributed by atoms with Gasteiger partial charge in [-0.25, -0.2) is 4.39 Å². The van der Waals surface area contributed by atoms with Gasteiger partial charge in [0.05, 0.1) is 5.69 Å². The molecule has 2 N–H and O–H groups in total. The molecule has 0 aromatic heterocycles. The summed E-state index contributed by atoms with van der Waals surface area (Å²) in [7, 11) is 0. The second kappa shape index (κ2) is 6.57. The molecule has 0 saturated carbocycles. The lowest BCUT2D eigenvalue weighted by atomic mass is 10.2. The highest BCUT2D eigenvalue weighted by Gasteiger charge is 2.23. The smallest absolute Gasteiger partial charge is 0.265 e. The van der Waals surface area contributed by atoms with Crippen molar-refractivity contribution in [1.29, 1.82) is 0 Å². The molecule has 0 fully saturated rings. The van der Waals surface area contributed by atoms with Gasteiger partial charge in [0, 0.05) is 11.8 Å². The van der Waals surface area contributed by atoms with Gasteiger partial charge in [0.2, 0.25) is 0 Å². The normalized spacial score (nSPS) is 15.8. The molecule has 124 valence electrons. The van der Waals surface area contributed by atoms with E-state index >= 15 is 0 Å². The first-order chi connectivity index (χ1) is 11.5. The van der Waals surface area contributed by atoms with Gasteiger partial charge in [-0.05, 0) is 37.3 Å². The molecule has 1 aliphatic rings. The van der Waals surface area contributed by atoms with E-state index in [1.54, 1.807) is 31.2 Å². The zero-order valence-electron chi connectivity index (χ0n) is 12.8. The van der Waals surface area contributed by atoms with E-state index < -0.39 is 17.8 Å². The van der Waals surface area contributed by atoms with Crippen molar-refractivity contribution in [2.75, 3.05) is 17.2 Å². The van der Waals surface area contributed by atoms with E-state index in [0.29, 0.717) is 17.1 Å². The Morgan fingerprint density at radius 1 is 1.33 bits per heavy atom. The van der Waals surface area contributed by atoms with Crippen LogP contribution in [0.25, 0.3) is 0 Å². The van der Waals surface area contributed by atoms with Crippen LogP contribution in [-0.2, 0) is 9.59 Å². The van der Waals surface area contributed by atoms with Crippen molar-refractivity contribution < 1.29 is 23.5 Å². The van der Waals surface area contributed by atoms with Crippen LogP contribution in [-0.4, -0.2) is 24.5 Å². The molecule has 0 spiro atoms. The van der Waals surface area contributed by atoms with Crippen molar-refractivity contribution in [3.05, 3.63) is 48.3 Å². The van der Waals surface area contributed by atoms with E-state index in [2.05, 4.69) is 10.6 Å². The molecule has 1 heterocycles. The number of amides is 2. The molecule has 2 aromatic rings. The Labute approximate surface area is 137 Å². The molecule has 0 bridgehead atoms. The molecule has 1 aliphatic heterocycles. The number of anilines is 2. The Balaban J connectivity index is 1.61. The highest BCUT2D eigenvalue weighted by molar-refractivity contribution is 5.99. The quantitative estimate of drug-likeness (QED) is 0.903. The molecule has 7 heteroatoms. The van der Waals surface area contributed by atoms with Gasteiger partial charge < -0.3 is 20.1 Å². The number of fused-ring (bicyclic) bond motifs is 1. The van der Waals surface area contributed by atoms with Gasteiger partial charge in [-0.1, -0.05) is 6.07 Å². The molecule has 0 saturated heterocycles. The summed E-state index contributed by atoms with van der Waals surface area (Å²) in [6.45, 7) is 1.39. The largest absolute Gasteiger partial charge is 0.484 e. The summed E-state index contributed by atoms with van der Waals surface area (Å²) in [6, 6.07) is 10.5. The first-order valence-corrected chi connectivity index (χ1v) is 7.31. The average molecular weight is 330 g/mol. The summed E-state index contributed by atoms with van der Waals surface area (Å²) in [5.74, 6) is -0.287. The summed E-state index contributed by atoms with van der Waals surface area (Å²) in [5, 5.41) is 5.34. The minimum Gasteiger partial charge on any atom is -0.484 e. The first kappa shape index (κ1) is 15.8. The second-order valence-corrected chi connectivity index (χ2v) is 5.25. The van der Waals surface area contributed by atoms with Gasteiger partial charge in [0.25, 0.3) is 11.8 Å². The Morgan fingerprint density at radius 3 is 2.96 bits per heavy atom. The van der Waals surface area contributed by atoms with Gasteiger partial charge >= 0.3 is 0 Å². The van der Waals surface area contributed by atoms with Crippen LogP contribution < -0.4 is 20.1 Å². The fourth-order valence-electron chi connectivity index (χ4n) is 2.19. The highest BCUT2D eigenvalue weighted by atomic mass is 19.1. The predicted octanol–water partition coefficient (Wildman–Crippen LogP) is 2.56. The van der Waals surface area contributed by atoms with Crippen molar-refractivity contribution in [1.82, 2.24) is 0 Å². The molecule has 1 unspecified atom stereocenters. The number of benzene rings is 2. The van der Waals surface area contributed by atoms with Crippen LogP contribution in [0.2, 0.25) is 0 Å². The SMILES string of the molecule is CC1Oc2ccc(NC(=O)COc3cccc(F)c3)cc2NC1=O. The van der Waals surface area contributed by atoms with Crippen LogP contribution in [0.4, 0.5) is 15.8 Å². The number of ether oxygens (including phenoxy) is 2. The van der Waals surface area contributed by atoms with Gasteiger partial charge in [-0.15, -0.1) is 0 Å². The average Bonchev–Trinajstić information content (AvgIpc) is 2.54. The van der Waals surface area contributed by atoms with Crippen molar-refractivity contribution in [2.24, 2.45) is 0 Å². The summed E-state index contributed by atoms with van der Waals surface area (Å²) >= 11 is 0. The monoisotopic (exact) mass is 330 g/mol. The number of rotatable bonds is 4. The second-order valence-electron chi connectivity index (χ2n) is 5.25. The molecule has 2 aromatic carbocycles. The molecule has 6 nitrogen and oxygen atoms in total. The Morgan fingerprint density at radius 2 is 2.17 bits per heavy atom. The van der Waals surface area contributed by atoms with E-state index in [1.807, 2.05) is 0 Å². The minimum absolute atomic E-state index is 0.250. The van der Waals surface area contributed by atoms with Crippen LogP contribution in [0.5, 0.6) is 11.5 Å². The van der Waals surface area contributed by atoms with E-state index in [9.17, 15) is 14.0 Å². The lowest BCUT2D eigenvalue weighted by Gasteiger charge is -2.23. The lowest BCUT2D eigenvalue weighted by Crippen LogP contribution is -2.34. The van der Waals surface area contributed by atoms with Gasteiger partial charge in [-0.3, -0.25) is 9.59 Å². The van der Waals surface area contributed by atoms with Crippen molar-refractivity contribution in [3.63, 3.8) is 0 Å². The van der Waals surface area contributed by atoms with E-state index in [-0.39, 0.29) is 18.3 Å². The number of nitrogens with one attached hydrogen (secondary N) is 2. The maximum absolute atomic E-state index is 13.0. The lowest BCUT2D eigenvalue weighted by molar-refractivity contribution is -0.122. The van der Waals surface area contributed by atoms with Gasteiger partial charge in [-0.2, -0.15) is 0 Å². The summed E-state index contributed by atoms with van der Waals surface area (Å²) in [6.07, 6.45) is -0.558. The van der Waals surface area contributed by atoms with Gasteiger partial charge in [0.1, 0.15) is 17.3 Å². The Kier molecular flexibility index (Phi) is 4.33. The molecule has 24 heavy (non-hydrogen) atoms. The first-order valence-electron chi connectivity index (χ1n) is 7.31.